The fourth-order valence-corrected chi connectivity index (χ4v) is 4.72. The highest BCUT2D eigenvalue weighted by Crippen LogP contribution is 2.27. The quantitative estimate of drug-likeness (QED) is 0.347. The zero-order valence-corrected chi connectivity index (χ0v) is 19.8. The number of carbonyl (C=O) groups excluding carboxylic acids is 2. The molecule has 0 N–H and O–H groups in total. The van der Waals surface area contributed by atoms with Crippen LogP contribution in [0.3, 0.4) is 0 Å². The largest absolute Gasteiger partial charge is 0.452 e. The number of aromatic nitrogens is 1. The summed E-state index contributed by atoms with van der Waals surface area (Å²) < 4.78 is 5.34. The molecule has 5 nitrogen and oxygen atoms in total. The summed E-state index contributed by atoms with van der Waals surface area (Å²) in [7, 11) is 1.72. The molecule has 0 bridgehead atoms. The number of thiazole rings is 1. The van der Waals surface area contributed by atoms with Gasteiger partial charge in [-0.05, 0) is 44.0 Å². The molecule has 0 aliphatic carbocycles. The van der Waals surface area contributed by atoms with Crippen molar-refractivity contribution in [2.24, 2.45) is 0 Å². The van der Waals surface area contributed by atoms with Crippen LogP contribution in [0, 0.1) is 20.8 Å². The predicted molar refractivity (Wildman–Crippen MR) is 126 cm³/mol. The van der Waals surface area contributed by atoms with Gasteiger partial charge in [0.2, 0.25) is 0 Å². The smallest absolute Gasteiger partial charge is 0.339 e. The van der Waals surface area contributed by atoms with Crippen LogP contribution < -0.4 is 0 Å². The number of benzene rings is 2. The number of nitrogens with zero attached hydrogens (tertiary/aromatic N) is 2. The van der Waals surface area contributed by atoms with E-state index >= 15 is 0 Å². The van der Waals surface area contributed by atoms with Crippen molar-refractivity contribution in [2.45, 2.75) is 38.0 Å². The van der Waals surface area contributed by atoms with Crippen molar-refractivity contribution < 1.29 is 14.3 Å². The van der Waals surface area contributed by atoms with Gasteiger partial charge in [-0.3, -0.25) is 4.79 Å². The molecule has 31 heavy (non-hydrogen) atoms. The second-order valence-corrected chi connectivity index (χ2v) is 9.48. The number of hydrogen-bond donors (Lipinski definition) is 0. The predicted octanol–water partition coefficient (Wildman–Crippen LogP) is 5.18. The summed E-state index contributed by atoms with van der Waals surface area (Å²) in [6, 6.07) is 13.4. The highest BCUT2D eigenvalue weighted by Gasteiger charge is 2.17. The third-order valence-corrected chi connectivity index (χ3v) is 6.74. The van der Waals surface area contributed by atoms with E-state index in [4.69, 9.17) is 4.74 Å². The lowest BCUT2D eigenvalue weighted by atomic mass is 10.1. The minimum absolute atomic E-state index is 0.239. The first kappa shape index (κ1) is 23.0. The Bertz CT molecular complexity index is 1080. The second kappa shape index (κ2) is 10.6. The summed E-state index contributed by atoms with van der Waals surface area (Å²) in [5, 5.41) is 3.04. The molecule has 162 valence electrons. The Hall–Kier alpha value is -2.64. The van der Waals surface area contributed by atoms with Gasteiger partial charge in [0, 0.05) is 29.6 Å². The van der Waals surface area contributed by atoms with E-state index in [-0.39, 0.29) is 12.5 Å². The van der Waals surface area contributed by atoms with Gasteiger partial charge >= 0.3 is 5.97 Å². The van der Waals surface area contributed by atoms with Gasteiger partial charge < -0.3 is 9.64 Å². The summed E-state index contributed by atoms with van der Waals surface area (Å²) >= 11 is 3.14. The van der Waals surface area contributed by atoms with Crippen LogP contribution in [0.4, 0.5) is 0 Å². The number of amides is 1. The Morgan fingerprint density at radius 2 is 1.90 bits per heavy atom. The SMILES string of the molecule is Cc1ccc(CN(C)C(=O)COC(=O)c2ccccc2SCc2csc(C)n2)c(C)c1. The Balaban J connectivity index is 1.56. The van der Waals surface area contributed by atoms with Crippen molar-refractivity contribution in [3.8, 4) is 0 Å². The normalized spacial score (nSPS) is 10.7. The fraction of sp³-hybridized carbons (Fsp3) is 0.292. The second-order valence-electron chi connectivity index (χ2n) is 7.40. The lowest BCUT2D eigenvalue weighted by Gasteiger charge is -2.19. The van der Waals surface area contributed by atoms with Gasteiger partial charge in [-0.1, -0.05) is 35.9 Å². The molecule has 1 aromatic heterocycles. The summed E-state index contributed by atoms with van der Waals surface area (Å²) in [4.78, 5) is 32.0. The van der Waals surface area contributed by atoms with Crippen LogP contribution in [0.5, 0.6) is 0 Å². The third-order valence-electron chi connectivity index (χ3n) is 4.81. The van der Waals surface area contributed by atoms with Crippen LogP contribution in [0.1, 0.15) is 37.7 Å². The summed E-state index contributed by atoms with van der Waals surface area (Å²) in [6.07, 6.45) is 0. The molecule has 0 aliphatic rings. The van der Waals surface area contributed by atoms with Crippen LogP contribution in [0.25, 0.3) is 0 Å². The maximum absolute atomic E-state index is 12.6. The van der Waals surface area contributed by atoms with E-state index < -0.39 is 5.97 Å². The number of ether oxygens (including phenoxy) is 1. The summed E-state index contributed by atoms with van der Waals surface area (Å²) in [5.41, 5.74) is 4.85. The Morgan fingerprint density at radius 1 is 1.13 bits per heavy atom. The van der Waals surface area contributed by atoms with E-state index in [1.165, 1.54) is 17.3 Å². The molecule has 0 atom stereocenters. The van der Waals surface area contributed by atoms with E-state index in [2.05, 4.69) is 11.1 Å². The standard InChI is InChI=1S/C24H26N2O3S2/c1-16-9-10-19(17(2)11-16)12-26(4)23(27)13-29-24(28)21-7-5-6-8-22(21)31-15-20-14-30-18(3)25-20/h5-11,14H,12-13,15H2,1-4H3. The minimum atomic E-state index is -0.495. The molecule has 0 aliphatic heterocycles. The van der Waals surface area contributed by atoms with Gasteiger partial charge in [0.05, 0.1) is 16.3 Å². The Kier molecular flexibility index (Phi) is 7.87. The average molecular weight is 455 g/mol. The van der Waals surface area contributed by atoms with E-state index in [9.17, 15) is 9.59 Å². The Labute approximate surface area is 191 Å². The molecule has 1 amide bonds. The molecule has 3 aromatic rings. The number of aryl methyl sites for hydroxylation is 3. The van der Waals surface area contributed by atoms with Gasteiger partial charge in [-0.25, -0.2) is 9.78 Å². The first-order chi connectivity index (χ1) is 14.8. The Morgan fingerprint density at radius 3 is 2.61 bits per heavy atom. The van der Waals surface area contributed by atoms with E-state index in [0.717, 1.165) is 26.7 Å². The number of carbonyl (C=O) groups is 2. The molecular weight excluding hydrogens is 428 g/mol. The lowest BCUT2D eigenvalue weighted by Crippen LogP contribution is -2.31. The van der Waals surface area contributed by atoms with Gasteiger partial charge in [-0.2, -0.15) is 0 Å². The van der Waals surface area contributed by atoms with Crippen LogP contribution in [0.15, 0.2) is 52.7 Å². The number of thioether (sulfide) groups is 1. The third kappa shape index (κ3) is 6.42. The number of likely N-dealkylation sites (N-methyl/N-ethyl adjacent to an activating group) is 1. The summed E-state index contributed by atoms with van der Waals surface area (Å²) in [5.74, 6) is -0.0612. The maximum atomic E-state index is 12.6. The fourth-order valence-electron chi connectivity index (χ4n) is 3.07. The number of esters is 1. The van der Waals surface area contributed by atoms with Gasteiger partial charge in [0.25, 0.3) is 5.91 Å². The number of hydrogen-bond acceptors (Lipinski definition) is 6. The van der Waals surface area contributed by atoms with Crippen molar-refractivity contribution in [1.82, 2.24) is 9.88 Å². The maximum Gasteiger partial charge on any atom is 0.339 e. The van der Waals surface area contributed by atoms with Crippen LogP contribution in [0.2, 0.25) is 0 Å². The summed E-state index contributed by atoms with van der Waals surface area (Å²) in [6.45, 7) is 6.23. The van der Waals surface area contributed by atoms with Crippen LogP contribution in [-0.2, 0) is 21.8 Å². The molecular formula is C24H26N2O3S2. The van der Waals surface area contributed by atoms with Crippen LogP contribution in [-0.4, -0.2) is 35.4 Å². The lowest BCUT2D eigenvalue weighted by molar-refractivity contribution is -0.133. The van der Waals surface area contributed by atoms with Crippen LogP contribution >= 0.6 is 23.1 Å². The molecule has 3 rings (SSSR count). The van der Waals surface area contributed by atoms with Crippen molar-refractivity contribution in [3.63, 3.8) is 0 Å². The van der Waals surface area contributed by atoms with Gasteiger partial charge in [0.1, 0.15) is 0 Å². The van der Waals surface area contributed by atoms with Crippen molar-refractivity contribution in [2.75, 3.05) is 13.7 Å². The first-order valence-corrected chi connectivity index (χ1v) is 11.8. The zero-order chi connectivity index (χ0) is 22.4. The molecule has 0 fully saturated rings. The van der Waals surface area contributed by atoms with Gasteiger partial charge in [0.15, 0.2) is 6.61 Å². The average Bonchev–Trinajstić information content (AvgIpc) is 3.17. The van der Waals surface area contributed by atoms with Crippen molar-refractivity contribution in [1.29, 1.82) is 0 Å². The van der Waals surface area contributed by atoms with E-state index in [1.807, 2.05) is 50.4 Å². The molecule has 2 aromatic carbocycles. The first-order valence-electron chi connectivity index (χ1n) is 9.93. The van der Waals surface area contributed by atoms with Crippen molar-refractivity contribution >= 4 is 35.0 Å². The van der Waals surface area contributed by atoms with E-state index in [0.29, 0.717) is 17.9 Å². The van der Waals surface area contributed by atoms with E-state index in [1.54, 1.807) is 35.4 Å². The monoisotopic (exact) mass is 454 g/mol. The molecule has 7 heteroatoms. The molecule has 1 heterocycles. The van der Waals surface area contributed by atoms with Crippen molar-refractivity contribution in [3.05, 3.63) is 80.8 Å². The molecule has 0 radical (unpaired) electrons. The molecule has 0 saturated carbocycles. The number of rotatable bonds is 8. The topological polar surface area (TPSA) is 59.5 Å². The highest BCUT2D eigenvalue weighted by atomic mass is 32.2. The molecule has 0 saturated heterocycles. The molecule has 0 spiro atoms. The highest BCUT2D eigenvalue weighted by molar-refractivity contribution is 7.98. The minimum Gasteiger partial charge on any atom is -0.452 e. The molecule has 0 unspecified atom stereocenters. The van der Waals surface area contributed by atoms with Gasteiger partial charge in [-0.15, -0.1) is 23.1 Å². The zero-order valence-electron chi connectivity index (χ0n) is 18.2.